The fraction of sp³-hybridized carbons (Fsp3) is 0.778. The van der Waals surface area contributed by atoms with Crippen LogP contribution < -0.4 is 17.0 Å². The van der Waals surface area contributed by atoms with Crippen molar-refractivity contribution in [2.24, 2.45) is 11.7 Å². The molecule has 11 atom stereocenters. The Bertz CT molecular complexity index is 1160. The number of aliphatic hydroxyl groups excluding tert-OH is 5. The summed E-state index contributed by atoms with van der Waals surface area (Å²) in [6.45, 7) is 0.351. The highest BCUT2D eigenvalue weighted by molar-refractivity contribution is 7.64. The number of hydrogen-bond acceptors (Lipinski definition) is 16. The first-order chi connectivity index (χ1) is 17.8. The van der Waals surface area contributed by atoms with Crippen LogP contribution in [0.3, 0.4) is 0 Å². The molecule has 2 aliphatic rings. The lowest BCUT2D eigenvalue weighted by Crippen LogP contribution is -2.56. The summed E-state index contributed by atoms with van der Waals surface area (Å²) in [4.78, 5) is 25.2. The van der Waals surface area contributed by atoms with Gasteiger partial charge in [0, 0.05) is 31.8 Å². The molecule has 38 heavy (non-hydrogen) atoms. The maximum Gasteiger partial charge on any atom is 0.481 e. The predicted octanol–water partition coefficient (Wildman–Crippen LogP) is -2.86. The van der Waals surface area contributed by atoms with Gasteiger partial charge in [-0.3, -0.25) is 32.5 Å². The molecule has 218 valence electrons. The smallest absolute Gasteiger partial charge is 0.390 e. The number of aromatic nitrogens is 2. The predicted molar refractivity (Wildman–Crippen MR) is 124 cm³/mol. The summed E-state index contributed by atoms with van der Waals surface area (Å²) in [7, 11) is -8.69. The monoisotopic (exact) mass is 591 g/mol. The molecule has 3 rings (SSSR count). The van der Waals surface area contributed by atoms with Crippen molar-refractivity contribution in [1.82, 2.24) is 9.55 Å². The van der Waals surface area contributed by atoms with Crippen molar-refractivity contribution in [3.05, 3.63) is 33.1 Å². The number of nitrogens with zero attached hydrogens (tertiary/aromatic N) is 1. The third-order valence-corrected chi connectivity index (χ3v) is 9.57. The van der Waals surface area contributed by atoms with Crippen molar-refractivity contribution < 1.29 is 62.0 Å². The van der Waals surface area contributed by atoms with Gasteiger partial charge in [-0.25, -0.2) is 13.7 Å². The Labute approximate surface area is 215 Å². The van der Waals surface area contributed by atoms with Gasteiger partial charge in [0.15, 0.2) is 12.5 Å². The van der Waals surface area contributed by atoms with Crippen molar-refractivity contribution in [2.45, 2.75) is 56.1 Å². The van der Waals surface area contributed by atoms with Gasteiger partial charge in [-0.2, -0.15) is 0 Å². The fourth-order valence-electron chi connectivity index (χ4n) is 3.77. The zero-order valence-corrected chi connectivity index (χ0v) is 22.0. The fourth-order valence-corrected chi connectivity index (χ4v) is 6.87. The van der Waals surface area contributed by atoms with Crippen LogP contribution in [0.1, 0.15) is 13.2 Å². The minimum Gasteiger partial charge on any atom is -0.390 e. The molecule has 0 amide bonds. The van der Waals surface area contributed by atoms with Crippen LogP contribution in [0.2, 0.25) is 0 Å². The van der Waals surface area contributed by atoms with Crippen LogP contribution >= 0.6 is 15.4 Å². The van der Waals surface area contributed by atoms with E-state index in [1.54, 1.807) is 0 Å². The van der Waals surface area contributed by atoms with Crippen molar-refractivity contribution in [3.8, 4) is 0 Å². The topological polar surface area (TPSA) is 272 Å². The Morgan fingerprint density at radius 1 is 1.08 bits per heavy atom. The number of nitrogens with one attached hydrogen (secondary N) is 1. The summed E-state index contributed by atoms with van der Waals surface area (Å²) >= 11 is 0. The number of hydrogen-bond donors (Lipinski definition) is 7. The lowest BCUT2D eigenvalue weighted by molar-refractivity contribution is -0.248. The Balaban J connectivity index is 1.69. The number of rotatable bonds is 11. The molecule has 2 saturated heterocycles. The van der Waals surface area contributed by atoms with E-state index in [9.17, 15) is 44.3 Å². The average Bonchev–Trinajstić information content (AvgIpc) is 3.16. The molecule has 0 aliphatic carbocycles. The molecule has 0 spiro atoms. The van der Waals surface area contributed by atoms with Crippen LogP contribution in [0.4, 0.5) is 0 Å². The van der Waals surface area contributed by atoms with Gasteiger partial charge in [0.25, 0.3) is 5.56 Å². The largest absolute Gasteiger partial charge is 0.481 e. The zero-order chi connectivity index (χ0) is 28.4. The second kappa shape index (κ2) is 12.4. The van der Waals surface area contributed by atoms with Gasteiger partial charge in [0.05, 0.1) is 12.7 Å². The highest BCUT2D eigenvalue weighted by Gasteiger charge is 2.49. The molecule has 1 aromatic heterocycles. The zero-order valence-electron chi connectivity index (χ0n) is 20.2. The van der Waals surface area contributed by atoms with Gasteiger partial charge in [0.2, 0.25) is 0 Å². The van der Waals surface area contributed by atoms with Crippen LogP contribution in [-0.2, 0) is 36.5 Å². The summed E-state index contributed by atoms with van der Waals surface area (Å²) in [5, 5.41) is 50.5. The number of aromatic amines is 1. The summed E-state index contributed by atoms with van der Waals surface area (Å²) < 4.78 is 57.6. The van der Waals surface area contributed by atoms with E-state index in [1.165, 1.54) is 6.92 Å². The quantitative estimate of drug-likeness (QED) is 0.128. The van der Waals surface area contributed by atoms with Gasteiger partial charge in [0.1, 0.15) is 36.9 Å². The number of H-pyrrole nitrogens is 1. The van der Waals surface area contributed by atoms with Gasteiger partial charge >= 0.3 is 21.1 Å². The molecule has 0 saturated carbocycles. The molecule has 0 aromatic carbocycles. The molecule has 1 aromatic rings. The highest BCUT2D eigenvalue weighted by Crippen LogP contribution is 2.65. The first kappa shape index (κ1) is 31.2. The van der Waals surface area contributed by atoms with Crippen LogP contribution in [0, 0.1) is 5.92 Å². The lowest BCUT2D eigenvalue weighted by Gasteiger charge is -2.41. The molecule has 3 heterocycles. The average molecular weight is 591 g/mol. The van der Waals surface area contributed by atoms with Gasteiger partial charge in [-0.15, -0.1) is 0 Å². The van der Waals surface area contributed by atoms with E-state index in [1.807, 2.05) is 4.98 Å². The van der Waals surface area contributed by atoms with Crippen molar-refractivity contribution in [1.29, 1.82) is 0 Å². The number of phosphoric acid groups is 1. The summed E-state index contributed by atoms with van der Waals surface area (Å²) in [6, 6.07) is 0.986. The van der Waals surface area contributed by atoms with E-state index in [-0.39, 0.29) is 6.54 Å². The second-order valence-corrected chi connectivity index (χ2v) is 12.4. The first-order valence-electron chi connectivity index (χ1n) is 11.2. The number of ether oxygens (including phenoxy) is 2. The Morgan fingerprint density at radius 3 is 2.32 bits per heavy atom. The minimum atomic E-state index is -4.81. The first-order valence-corrected chi connectivity index (χ1v) is 14.4. The molecular weight excluding hydrogens is 560 g/mol. The molecule has 18 nitrogen and oxygen atoms in total. The van der Waals surface area contributed by atoms with Crippen LogP contribution in [0.25, 0.3) is 0 Å². The third kappa shape index (κ3) is 6.68. The number of phosphoric ester groups is 1. The van der Waals surface area contributed by atoms with Crippen LogP contribution in [-0.4, -0.2) is 105 Å². The second-order valence-electron chi connectivity index (χ2n) is 8.55. The van der Waals surface area contributed by atoms with E-state index in [0.29, 0.717) is 0 Å². The minimum absolute atomic E-state index is 0.240. The van der Waals surface area contributed by atoms with Gasteiger partial charge < -0.3 is 40.7 Å². The normalized spacial score (nSPS) is 37.0. The molecule has 2 fully saturated rings. The van der Waals surface area contributed by atoms with E-state index < -0.39 is 94.7 Å². The van der Waals surface area contributed by atoms with E-state index in [2.05, 4.69) is 0 Å². The van der Waals surface area contributed by atoms with Crippen molar-refractivity contribution in [2.75, 3.05) is 26.6 Å². The van der Waals surface area contributed by atoms with E-state index in [0.717, 1.165) is 23.9 Å². The molecule has 2 aliphatic heterocycles. The molecule has 11 unspecified atom stereocenters. The highest BCUT2D eigenvalue weighted by atomic mass is 31.3. The lowest BCUT2D eigenvalue weighted by atomic mass is 9.92. The third-order valence-electron chi connectivity index (χ3n) is 5.99. The van der Waals surface area contributed by atoms with Gasteiger partial charge in [-0.1, -0.05) is 6.92 Å². The summed E-state index contributed by atoms with van der Waals surface area (Å²) in [5.74, 6) is -0.990. The molecule has 20 heteroatoms. The SMILES string of the molecule is COP(=O)(OCC1OC(n2ccc(=O)[nH]c2=O)C(O)C1O)OP(=O)(CO)OC1OC(CN)C(O)C(O)C1C. The maximum atomic E-state index is 13.1. The van der Waals surface area contributed by atoms with Crippen LogP contribution in [0.5, 0.6) is 0 Å². The summed E-state index contributed by atoms with van der Waals surface area (Å²) in [6.07, 6.45) is -11.9. The summed E-state index contributed by atoms with van der Waals surface area (Å²) in [5.41, 5.74) is 3.86. The number of nitrogens with two attached hydrogens (primary N) is 1. The standard InChI is InChI=1S/C18H31N3O15P2/c1-8-12(24)13(25)9(5-19)34-17(8)35-37(29,7-22)36-38(30,31-2)32-6-10-14(26)15(27)16(33-10)21-4-3-11(23)20-18(21)28/h3-4,8-10,12-17,22,24-27H,5-7,19H2,1-2H3,(H,20,23,28). The number of aliphatic hydroxyl groups is 5. The van der Waals surface area contributed by atoms with Gasteiger partial charge in [-0.05, 0) is 0 Å². The van der Waals surface area contributed by atoms with Crippen LogP contribution in [0.15, 0.2) is 21.9 Å². The maximum absolute atomic E-state index is 13.1. The molecule has 0 radical (unpaired) electrons. The van der Waals surface area contributed by atoms with E-state index >= 15 is 0 Å². The Kier molecular flexibility index (Phi) is 10.2. The van der Waals surface area contributed by atoms with Crippen molar-refractivity contribution >= 4 is 15.4 Å². The Morgan fingerprint density at radius 2 is 1.74 bits per heavy atom. The molecular formula is C18H31N3O15P2. The molecule has 0 bridgehead atoms. The van der Waals surface area contributed by atoms with E-state index in [4.69, 9.17) is 33.1 Å². The molecule has 8 N–H and O–H groups in total. The Hall–Kier alpha value is -1.34. The van der Waals surface area contributed by atoms with Crippen molar-refractivity contribution in [3.63, 3.8) is 0 Å².